The minimum atomic E-state index is -1.20. The molecule has 0 saturated heterocycles. The van der Waals surface area contributed by atoms with Crippen LogP contribution in [0, 0.1) is 13.8 Å². The number of carbonyl (C=O) groups excluding carboxylic acids is 1. The lowest BCUT2D eigenvalue weighted by atomic mass is 10.1. The monoisotopic (exact) mass is 355 g/mol. The summed E-state index contributed by atoms with van der Waals surface area (Å²) < 4.78 is 7.82. The molecule has 1 aromatic carbocycles. The topological polar surface area (TPSA) is 91.9 Å². The van der Waals surface area contributed by atoms with Crippen LogP contribution >= 0.6 is 0 Å². The van der Waals surface area contributed by atoms with Crippen molar-refractivity contribution >= 4 is 17.1 Å². The van der Waals surface area contributed by atoms with E-state index in [-0.39, 0.29) is 12.1 Å². The predicted octanol–water partition coefficient (Wildman–Crippen LogP) is 1.89. The Bertz CT molecular complexity index is 1030. The van der Waals surface area contributed by atoms with Gasteiger partial charge in [-0.3, -0.25) is 9.36 Å². The summed E-state index contributed by atoms with van der Waals surface area (Å²) in [5.74, 6) is -0.509. The molecule has 0 saturated carbocycles. The Labute approximate surface area is 150 Å². The Morgan fingerprint density at radius 1 is 1.19 bits per heavy atom. The highest BCUT2D eigenvalue weighted by Gasteiger charge is 2.33. The minimum absolute atomic E-state index is 0.101. The molecule has 0 aliphatic heterocycles. The number of carbonyl (C=O) groups is 1. The van der Waals surface area contributed by atoms with E-state index < -0.39 is 17.1 Å². The van der Waals surface area contributed by atoms with Gasteiger partial charge in [0.15, 0.2) is 11.2 Å². The fourth-order valence-corrected chi connectivity index (χ4v) is 2.86. The summed E-state index contributed by atoms with van der Waals surface area (Å²) in [6.45, 7) is 9.13. The van der Waals surface area contributed by atoms with Crippen molar-refractivity contribution in [3.05, 3.63) is 46.0 Å². The second-order valence-corrected chi connectivity index (χ2v) is 6.72. The standard InChI is InChI=1S/C18H21N5O3/c1-6-26-17(25)18(4,5)22-10-19-15-14(16(22)24)20-21-23(15)13-8-11(2)7-12(3)9-13/h7-10H,6H2,1-5H3. The highest BCUT2D eigenvalue weighted by Crippen LogP contribution is 2.18. The molecule has 0 aliphatic rings. The van der Waals surface area contributed by atoms with Gasteiger partial charge in [-0.1, -0.05) is 11.3 Å². The van der Waals surface area contributed by atoms with E-state index in [0.29, 0.717) is 5.65 Å². The van der Waals surface area contributed by atoms with E-state index in [9.17, 15) is 9.59 Å². The molecule has 2 aromatic heterocycles. The predicted molar refractivity (Wildman–Crippen MR) is 96.3 cm³/mol. The molecule has 136 valence electrons. The average Bonchev–Trinajstić information content (AvgIpc) is 2.99. The lowest BCUT2D eigenvalue weighted by Gasteiger charge is -2.24. The number of nitrogens with zero attached hydrogens (tertiary/aromatic N) is 5. The number of aryl methyl sites for hydroxylation is 2. The van der Waals surface area contributed by atoms with Crippen molar-refractivity contribution in [1.29, 1.82) is 0 Å². The highest BCUT2D eigenvalue weighted by molar-refractivity contribution is 5.78. The molecule has 0 bridgehead atoms. The summed E-state index contributed by atoms with van der Waals surface area (Å²) in [5.41, 5.74) is 1.72. The van der Waals surface area contributed by atoms with Crippen molar-refractivity contribution in [1.82, 2.24) is 24.5 Å². The fourth-order valence-electron chi connectivity index (χ4n) is 2.86. The number of rotatable bonds is 4. The summed E-state index contributed by atoms with van der Waals surface area (Å²) in [5, 5.41) is 8.09. The molecule has 8 heteroatoms. The third kappa shape index (κ3) is 2.87. The van der Waals surface area contributed by atoms with E-state index in [4.69, 9.17) is 4.74 Å². The van der Waals surface area contributed by atoms with Crippen molar-refractivity contribution in [2.24, 2.45) is 0 Å². The van der Waals surface area contributed by atoms with E-state index in [1.54, 1.807) is 20.8 Å². The van der Waals surface area contributed by atoms with Crippen molar-refractivity contribution in [3.63, 3.8) is 0 Å². The molecule has 0 amide bonds. The average molecular weight is 355 g/mol. The van der Waals surface area contributed by atoms with Gasteiger partial charge in [-0.25, -0.2) is 9.78 Å². The van der Waals surface area contributed by atoms with Gasteiger partial charge in [0, 0.05) is 0 Å². The van der Waals surface area contributed by atoms with Gasteiger partial charge in [-0.2, -0.15) is 4.68 Å². The van der Waals surface area contributed by atoms with E-state index in [1.807, 2.05) is 32.0 Å². The third-order valence-corrected chi connectivity index (χ3v) is 4.19. The Kier molecular flexibility index (Phi) is 4.35. The maximum atomic E-state index is 12.9. The Balaban J connectivity index is 2.16. The van der Waals surface area contributed by atoms with Crippen LogP contribution in [0.15, 0.2) is 29.3 Å². The van der Waals surface area contributed by atoms with Crippen LogP contribution in [-0.2, 0) is 15.1 Å². The van der Waals surface area contributed by atoms with Crippen molar-refractivity contribution in [2.75, 3.05) is 6.61 Å². The van der Waals surface area contributed by atoms with E-state index in [1.165, 1.54) is 15.6 Å². The van der Waals surface area contributed by atoms with Gasteiger partial charge < -0.3 is 4.74 Å². The summed E-state index contributed by atoms with van der Waals surface area (Å²) in [7, 11) is 0. The van der Waals surface area contributed by atoms with Crippen LogP contribution in [0.4, 0.5) is 0 Å². The van der Waals surface area contributed by atoms with Gasteiger partial charge in [0.05, 0.1) is 12.3 Å². The smallest absolute Gasteiger partial charge is 0.331 e. The number of esters is 1. The number of benzene rings is 1. The molecule has 3 rings (SSSR count). The molecule has 0 atom stereocenters. The number of hydrogen-bond donors (Lipinski definition) is 0. The normalized spacial score (nSPS) is 11.7. The van der Waals surface area contributed by atoms with Crippen LogP contribution in [-0.4, -0.2) is 37.1 Å². The molecule has 0 unspecified atom stereocenters. The summed E-state index contributed by atoms with van der Waals surface area (Å²) in [6.07, 6.45) is 1.34. The molecule has 0 radical (unpaired) electrons. The molecular weight excluding hydrogens is 334 g/mol. The molecular formula is C18H21N5O3. The molecule has 3 aromatic rings. The summed E-state index contributed by atoms with van der Waals surface area (Å²) in [6, 6.07) is 5.93. The molecule has 0 spiro atoms. The first-order chi connectivity index (χ1) is 12.3. The van der Waals surface area contributed by atoms with Crippen LogP contribution in [0.5, 0.6) is 0 Å². The van der Waals surface area contributed by atoms with Gasteiger partial charge in [0.2, 0.25) is 0 Å². The van der Waals surface area contributed by atoms with Crippen molar-refractivity contribution in [3.8, 4) is 5.69 Å². The van der Waals surface area contributed by atoms with Crippen LogP contribution in [0.1, 0.15) is 31.9 Å². The van der Waals surface area contributed by atoms with E-state index in [0.717, 1.165) is 16.8 Å². The van der Waals surface area contributed by atoms with Crippen molar-refractivity contribution in [2.45, 2.75) is 40.2 Å². The molecule has 0 N–H and O–H groups in total. The Morgan fingerprint density at radius 2 is 1.85 bits per heavy atom. The van der Waals surface area contributed by atoms with Crippen molar-refractivity contribution < 1.29 is 9.53 Å². The third-order valence-electron chi connectivity index (χ3n) is 4.19. The minimum Gasteiger partial charge on any atom is -0.464 e. The summed E-state index contributed by atoms with van der Waals surface area (Å²) >= 11 is 0. The molecule has 8 nitrogen and oxygen atoms in total. The maximum Gasteiger partial charge on any atom is 0.331 e. The maximum absolute atomic E-state index is 12.9. The van der Waals surface area contributed by atoms with Gasteiger partial charge in [-0.15, -0.1) is 5.10 Å². The zero-order valence-corrected chi connectivity index (χ0v) is 15.5. The van der Waals surface area contributed by atoms with Gasteiger partial charge in [-0.05, 0) is 57.9 Å². The molecule has 0 fully saturated rings. The number of aromatic nitrogens is 5. The van der Waals surface area contributed by atoms with Crippen LogP contribution in [0.3, 0.4) is 0 Å². The zero-order valence-electron chi connectivity index (χ0n) is 15.5. The van der Waals surface area contributed by atoms with Gasteiger partial charge >= 0.3 is 5.97 Å². The van der Waals surface area contributed by atoms with Gasteiger partial charge in [0.25, 0.3) is 5.56 Å². The first kappa shape index (κ1) is 17.8. The van der Waals surface area contributed by atoms with E-state index in [2.05, 4.69) is 15.3 Å². The fraction of sp³-hybridized carbons (Fsp3) is 0.389. The lowest BCUT2D eigenvalue weighted by Crippen LogP contribution is -2.44. The quantitative estimate of drug-likeness (QED) is 0.664. The van der Waals surface area contributed by atoms with E-state index >= 15 is 0 Å². The second kappa shape index (κ2) is 6.36. The molecule has 0 aliphatic carbocycles. The Morgan fingerprint density at radius 3 is 2.46 bits per heavy atom. The lowest BCUT2D eigenvalue weighted by molar-refractivity contribution is -0.152. The second-order valence-electron chi connectivity index (χ2n) is 6.72. The zero-order chi connectivity index (χ0) is 19.1. The van der Waals surface area contributed by atoms with Crippen LogP contribution < -0.4 is 5.56 Å². The first-order valence-electron chi connectivity index (χ1n) is 8.35. The van der Waals surface area contributed by atoms with Crippen LogP contribution in [0.2, 0.25) is 0 Å². The Hall–Kier alpha value is -3.03. The molecule has 2 heterocycles. The molecule has 26 heavy (non-hydrogen) atoms. The largest absolute Gasteiger partial charge is 0.464 e. The van der Waals surface area contributed by atoms with Gasteiger partial charge in [0.1, 0.15) is 11.9 Å². The SMILES string of the molecule is CCOC(=O)C(C)(C)n1cnc2c(nnn2-c2cc(C)cc(C)c2)c1=O. The summed E-state index contributed by atoms with van der Waals surface area (Å²) in [4.78, 5) is 29.4. The number of ether oxygens (including phenoxy) is 1. The highest BCUT2D eigenvalue weighted by atomic mass is 16.5. The number of hydrogen-bond acceptors (Lipinski definition) is 6. The first-order valence-corrected chi connectivity index (χ1v) is 8.35. The van der Waals surface area contributed by atoms with Crippen LogP contribution in [0.25, 0.3) is 16.9 Å². The number of fused-ring (bicyclic) bond motifs is 1.